The maximum Gasteiger partial charge on any atom is 0.251 e. The lowest BCUT2D eigenvalue weighted by Crippen LogP contribution is -2.47. The van der Waals surface area contributed by atoms with E-state index in [1.165, 1.54) is 20.3 Å². The summed E-state index contributed by atoms with van der Waals surface area (Å²) in [5.74, 6) is 0.490. The molecule has 0 aromatic heterocycles. The van der Waals surface area contributed by atoms with Gasteiger partial charge < -0.3 is 19.9 Å². The number of halogens is 1. The molecule has 1 aliphatic carbocycles. The number of hydrogen-bond acceptors (Lipinski definition) is 4. The van der Waals surface area contributed by atoms with Crippen LogP contribution >= 0.6 is 11.6 Å². The van der Waals surface area contributed by atoms with Crippen LogP contribution in [0.1, 0.15) is 29.6 Å². The number of amides is 1. The highest BCUT2D eigenvalue weighted by Gasteiger charge is 2.34. The minimum absolute atomic E-state index is 0.248. The summed E-state index contributed by atoms with van der Waals surface area (Å²) in [4.78, 5) is 12.1. The molecule has 0 radical (unpaired) electrons. The summed E-state index contributed by atoms with van der Waals surface area (Å²) in [5, 5.41) is 13.0. The van der Waals surface area contributed by atoms with Crippen molar-refractivity contribution >= 4 is 17.5 Å². The zero-order chi connectivity index (χ0) is 14.8. The fourth-order valence-electron chi connectivity index (χ4n) is 2.16. The van der Waals surface area contributed by atoms with Gasteiger partial charge in [0.05, 0.1) is 24.8 Å². The van der Waals surface area contributed by atoms with Crippen molar-refractivity contribution in [3.8, 4) is 11.5 Å². The quantitative estimate of drug-likeness (QED) is 0.872. The topological polar surface area (TPSA) is 67.8 Å². The molecule has 0 heterocycles. The maximum atomic E-state index is 12.1. The van der Waals surface area contributed by atoms with Crippen LogP contribution in [0.15, 0.2) is 12.1 Å². The number of benzene rings is 1. The third-order valence-electron chi connectivity index (χ3n) is 3.56. The average Bonchev–Trinajstić information content (AvgIpc) is 2.41. The lowest BCUT2D eigenvalue weighted by Gasteiger charge is -2.36. The Labute approximate surface area is 122 Å². The van der Waals surface area contributed by atoms with E-state index >= 15 is 0 Å². The molecule has 2 N–H and O–H groups in total. The molecule has 0 unspecified atom stereocenters. The van der Waals surface area contributed by atoms with Gasteiger partial charge in [0.1, 0.15) is 0 Å². The van der Waals surface area contributed by atoms with Crippen LogP contribution < -0.4 is 14.8 Å². The van der Waals surface area contributed by atoms with Crippen molar-refractivity contribution in [1.29, 1.82) is 0 Å². The summed E-state index contributed by atoms with van der Waals surface area (Å²) in [6, 6.07) is 3.08. The number of hydrogen-bond donors (Lipinski definition) is 2. The second-order valence-electron chi connectivity index (χ2n) is 4.95. The largest absolute Gasteiger partial charge is 0.493 e. The number of methoxy groups -OCH3 is 2. The molecule has 0 bridgehead atoms. The van der Waals surface area contributed by atoms with Gasteiger partial charge in [-0.1, -0.05) is 11.6 Å². The zero-order valence-corrected chi connectivity index (χ0v) is 12.3. The Morgan fingerprint density at radius 2 is 2.10 bits per heavy atom. The van der Waals surface area contributed by atoms with Gasteiger partial charge in [0.25, 0.3) is 5.91 Å². The van der Waals surface area contributed by atoms with Gasteiger partial charge in [-0.25, -0.2) is 0 Å². The predicted molar refractivity (Wildman–Crippen MR) is 75.7 cm³/mol. The molecule has 1 aliphatic rings. The number of ether oxygens (including phenoxy) is 2. The van der Waals surface area contributed by atoms with Crippen molar-refractivity contribution in [2.75, 3.05) is 20.8 Å². The van der Waals surface area contributed by atoms with Gasteiger partial charge in [-0.2, -0.15) is 0 Å². The van der Waals surface area contributed by atoms with Gasteiger partial charge in [-0.3, -0.25) is 4.79 Å². The van der Waals surface area contributed by atoms with Gasteiger partial charge in [0.15, 0.2) is 11.5 Å². The van der Waals surface area contributed by atoms with E-state index < -0.39 is 5.60 Å². The Hall–Kier alpha value is -1.46. The minimum Gasteiger partial charge on any atom is -0.493 e. The van der Waals surface area contributed by atoms with Gasteiger partial charge in [0.2, 0.25) is 0 Å². The van der Waals surface area contributed by atoms with Crippen molar-refractivity contribution in [2.45, 2.75) is 24.9 Å². The second-order valence-corrected chi connectivity index (χ2v) is 5.36. The SMILES string of the molecule is COc1cc(C(=O)NCC2(O)CCC2)cc(Cl)c1OC. The maximum absolute atomic E-state index is 12.1. The summed E-state index contributed by atoms with van der Waals surface area (Å²) < 4.78 is 10.3. The molecule has 5 nitrogen and oxygen atoms in total. The van der Waals surface area contributed by atoms with Gasteiger partial charge in [-0.05, 0) is 31.4 Å². The molecule has 1 saturated carbocycles. The molecule has 1 fully saturated rings. The second kappa shape index (κ2) is 5.89. The molecular formula is C14H18ClNO4. The fraction of sp³-hybridized carbons (Fsp3) is 0.500. The molecule has 110 valence electrons. The molecule has 1 aromatic carbocycles. The summed E-state index contributed by atoms with van der Waals surface area (Å²) >= 11 is 6.05. The van der Waals surface area contributed by atoms with E-state index in [0.717, 1.165) is 19.3 Å². The smallest absolute Gasteiger partial charge is 0.251 e. The number of aliphatic hydroxyl groups is 1. The van der Waals surface area contributed by atoms with Gasteiger partial charge in [0, 0.05) is 12.1 Å². The van der Waals surface area contributed by atoms with Crippen LogP contribution in [-0.4, -0.2) is 37.4 Å². The van der Waals surface area contributed by atoms with E-state index in [1.54, 1.807) is 6.07 Å². The summed E-state index contributed by atoms with van der Waals surface area (Å²) in [6.45, 7) is 0.248. The van der Waals surface area contributed by atoms with Crippen molar-refractivity contribution in [3.05, 3.63) is 22.7 Å². The standard InChI is InChI=1S/C14H18ClNO4/c1-19-11-7-9(6-10(15)12(11)20-2)13(17)16-8-14(18)4-3-5-14/h6-7,18H,3-5,8H2,1-2H3,(H,16,17). The molecule has 0 atom stereocenters. The minimum atomic E-state index is -0.754. The average molecular weight is 300 g/mol. The van der Waals surface area contributed by atoms with Crippen LogP contribution in [0.3, 0.4) is 0 Å². The number of carbonyl (C=O) groups is 1. The van der Waals surface area contributed by atoms with Gasteiger partial charge >= 0.3 is 0 Å². The van der Waals surface area contributed by atoms with Crippen LogP contribution in [0, 0.1) is 0 Å². The third kappa shape index (κ3) is 2.99. The molecular weight excluding hydrogens is 282 g/mol. The Bertz CT molecular complexity index is 514. The van der Waals surface area contributed by atoms with E-state index in [1.807, 2.05) is 0 Å². The molecule has 1 amide bonds. The summed E-state index contributed by atoms with van der Waals surface area (Å²) in [5.41, 5.74) is -0.383. The highest BCUT2D eigenvalue weighted by Crippen LogP contribution is 2.36. The highest BCUT2D eigenvalue weighted by molar-refractivity contribution is 6.32. The lowest BCUT2D eigenvalue weighted by atomic mass is 9.80. The van der Waals surface area contributed by atoms with Crippen molar-refractivity contribution in [3.63, 3.8) is 0 Å². The van der Waals surface area contributed by atoms with Gasteiger partial charge in [-0.15, -0.1) is 0 Å². The normalized spacial score (nSPS) is 16.2. The summed E-state index contributed by atoms with van der Waals surface area (Å²) in [6.07, 6.45) is 2.44. The van der Waals surface area contributed by atoms with E-state index in [4.69, 9.17) is 21.1 Å². The first-order valence-electron chi connectivity index (χ1n) is 6.41. The first-order chi connectivity index (χ1) is 9.49. The van der Waals surface area contributed by atoms with Crippen molar-refractivity contribution in [2.24, 2.45) is 0 Å². The van der Waals surface area contributed by atoms with Crippen LogP contribution in [0.2, 0.25) is 5.02 Å². The van der Waals surface area contributed by atoms with E-state index in [-0.39, 0.29) is 12.5 Å². The van der Waals surface area contributed by atoms with Crippen molar-refractivity contribution < 1.29 is 19.4 Å². The summed E-state index contributed by atoms with van der Waals surface area (Å²) in [7, 11) is 2.96. The number of rotatable bonds is 5. The molecule has 6 heteroatoms. The molecule has 20 heavy (non-hydrogen) atoms. The Morgan fingerprint density at radius 1 is 1.40 bits per heavy atom. The lowest BCUT2D eigenvalue weighted by molar-refractivity contribution is -0.0300. The predicted octanol–water partition coefficient (Wildman–Crippen LogP) is 2.00. The Morgan fingerprint density at radius 3 is 2.60 bits per heavy atom. The van der Waals surface area contributed by atoms with Crippen LogP contribution in [-0.2, 0) is 0 Å². The number of nitrogens with one attached hydrogen (secondary N) is 1. The Balaban J connectivity index is 2.11. The zero-order valence-electron chi connectivity index (χ0n) is 11.5. The molecule has 0 aliphatic heterocycles. The molecule has 2 rings (SSSR count). The molecule has 0 saturated heterocycles. The number of carbonyl (C=O) groups excluding carboxylic acids is 1. The van der Waals surface area contributed by atoms with Crippen LogP contribution in [0.5, 0.6) is 11.5 Å². The van der Waals surface area contributed by atoms with Crippen LogP contribution in [0.25, 0.3) is 0 Å². The Kier molecular flexibility index (Phi) is 4.40. The van der Waals surface area contributed by atoms with Crippen LogP contribution in [0.4, 0.5) is 0 Å². The first kappa shape index (κ1) is 14.9. The first-order valence-corrected chi connectivity index (χ1v) is 6.79. The molecule has 1 aromatic rings. The molecule has 0 spiro atoms. The third-order valence-corrected chi connectivity index (χ3v) is 3.84. The van der Waals surface area contributed by atoms with E-state index in [9.17, 15) is 9.90 Å². The van der Waals surface area contributed by atoms with E-state index in [0.29, 0.717) is 22.1 Å². The fourth-order valence-corrected chi connectivity index (χ4v) is 2.45. The highest BCUT2D eigenvalue weighted by atomic mass is 35.5. The van der Waals surface area contributed by atoms with Crippen molar-refractivity contribution in [1.82, 2.24) is 5.32 Å². The monoisotopic (exact) mass is 299 g/mol. The van der Waals surface area contributed by atoms with E-state index in [2.05, 4.69) is 5.32 Å².